The Hall–Kier alpha value is -2.94. The van der Waals surface area contributed by atoms with Gasteiger partial charge in [-0.3, -0.25) is 9.20 Å². The average Bonchev–Trinajstić information content (AvgIpc) is 3.24. The number of imidazole rings is 1. The maximum atomic E-state index is 12.2. The molecule has 31 heavy (non-hydrogen) atoms. The number of thiazole rings is 1. The highest BCUT2D eigenvalue weighted by molar-refractivity contribution is 7.23. The Labute approximate surface area is 181 Å². The third kappa shape index (κ3) is 4.27. The van der Waals surface area contributed by atoms with E-state index in [0.717, 1.165) is 29.7 Å². The third-order valence-electron chi connectivity index (χ3n) is 5.29. The van der Waals surface area contributed by atoms with E-state index in [1.54, 1.807) is 16.5 Å². The molecule has 3 aromatic heterocycles. The van der Waals surface area contributed by atoms with E-state index in [1.807, 2.05) is 6.92 Å². The van der Waals surface area contributed by atoms with E-state index in [-0.39, 0.29) is 23.7 Å². The van der Waals surface area contributed by atoms with Gasteiger partial charge >= 0.3 is 17.2 Å². The zero-order chi connectivity index (χ0) is 22.0. The molecular weight excluding hydrogens is 420 g/mol. The first kappa shape index (κ1) is 21.3. The number of nitrogens with zero attached hydrogens (tertiary/aromatic N) is 2. The topological polar surface area (TPSA) is 104 Å². The molecule has 0 aliphatic rings. The molecule has 0 amide bonds. The van der Waals surface area contributed by atoms with Crippen LogP contribution in [0.1, 0.15) is 63.3 Å². The third-order valence-corrected chi connectivity index (χ3v) is 6.30. The first-order valence-electron chi connectivity index (χ1n) is 10.5. The molecule has 4 rings (SSSR count). The van der Waals surface area contributed by atoms with E-state index >= 15 is 0 Å². The minimum Gasteiger partial charge on any atom is -0.459 e. The van der Waals surface area contributed by atoms with Crippen LogP contribution in [0.3, 0.4) is 0 Å². The number of benzene rings is 1. The highest BCUT2D eigenvalue weighted by atomic mass is 32.1. The summed E-state index contributed by atoms with van der Waals surface area (Å²) in [6.07, 6.45) is 7.00. The molecule has 3 heterocycles. The van der Waals surface area contributed by atoms with Crippen LogP contribution in [0.2, 0.25) is 0 Å². The fourth-order valence-corrected chi connectivity index (χ4v) is 4.74. The SMILES string of the molecule is CCCCCCCCC(=O)OCc1c(C)nc2sc3ccc4oc(=O)c(=O)oc4c3n12. The van der Waals surface area contributed by atoms with Crippen LogP contribution >= 0.6 is 11.3 Å². The molecule has 0 saturated carbocycles. The van der Waals surface area contributed by atoms with Gasteiger partial charge in [0.2, 0.25) is 0 Å². The van der Waals surface area contributed by atoms with Crippen molar-refractivity contribution in [2.75, 3.05) is 0 Å². The van der Waals surface area contributed by atoms with Gasteiger partial charge in [0.15, 0.2) is 16.1 Å². The van der Waals surface area contributed by atoms with Crippen molar-refractivity contribution in [1.29, 1.82) is 0 Å². The molecule has 164 valence electrons. The molecule has 0 saturated heterocycles. The van der Waals surface area contributed by atoms with Gasteiger partial charge in [0, 0.05) is 6.42 Å². The second kappa shape index (κ2) is 9.05. The van der Waals surface area contributed by atoms with E-state index < -0.39 is 11.3 Å². The van der Waals surface area contributed by atoms with Crippen LogP contribution in [-0.2, 0) is 16.1 Å². The first-order chi connectivity index (χ1) is 15.0. The summed E-state index contributed by atoms with van der Waals surface area (Å²) in [6, 6.07) is 3.37. The van der Waals surface area contributed by atoms with Gasteiger partial charge in [-0.05, 0) is 25.5 Å². The fraction of sp³-hybridized carbons (Fsp3) is 0.455. The Morgan fingerprint density at radius 1 is 1.10 bits per heavy atom. The Morgan fingerprint density at radius 2 is 1.84 bits per heavy atom. The number of hydrogen-bond acceptors (Lipinski definition) is 8. The van der Waals surface area contributed by atoms with Gasteiger partial charge in [0.05, 0.1) is 16.1 Å². The lowest BCUT2D eigenvalue weighted by Gasteiger charge is -2.06. The number of aryl methyl sites for hydroxylation is 1. The highest BCUT2D eigenvalue weighted by Gasteiger charge is 2.20. The summed E-state index contributed by atoms with van der Waals surface area (Å²) in [5, 5.41) is 0. The predicted molar refractivity (Wildman–Crippen MR) is 118 cm³/mol. The van der Waals surface area contributed by atoms with E-state index in [9.17, 15) is 14.4 Å². The number of rotatable bonds is 9. The van der Waals surface area contributed by atoms with Crippen molar-refractivity contribution in [2.45, 2.75) is 65.4 Å². The lowest BCUT2D eigenvalue weighted by molar-refractivity contribution is -0.145. The Kier molecular flexibility index (Phi) is 6.22. The zero-order valence-corrected chi connectivity index (χ0v) is 18.4. The summed E-state index contributed by atoms with van der Waals surface area (Å²) in [5.41, 5.74) is 0.212. The Morgan fingerprint density at radius 3 is 2.65 bits per heavy atom. The van der Waals surface area contributed by atoms with Crippen molar-refractivity contribution in [3.05, 3.63) is 44.4 Å². The van der Waals surface area contributed by atoms with E-state index in [1.165, 1.54) is 30.6 Å². The molecular formula is C22H24N2O6S. The molecule has 0 bridgehead atoms. The number of hydrogen-bond donors (Lipinski definition) is 0. The Bertz CT molecular complexity index is 1360. The number of carbonyl (C=O) groups is 1. The largest absolute Gasteiger partial charge is 0.459 e. The summed E-state index contributed by atoms with van der Waals surface area (Å²) in [7, 11) is 0. The molecule has 1 aromatic carbocycles. The summed E-state index contributed by atoms with van der Waals surface area (Å²) < 4.78 is 18.4. The van der Waals surface area contributed by atoms with Crippen LogP contribution in [0.4, 0.5) is 0 Å². The van der Waals surface area contributed by atoms with E-state index in [4.69, 9.17) is 13.6 Å². The van der Waals surface area contributed by atoms with Gasteiger partial charge in [0.25, 0.3) is 0 Å². The van der Waals surface area contributed by atoms with Gasteiger partial charge in [0.1, 0.15) is 12.1 Å². The van der Waals surface area contributed by atoms with Crippen molar-refractivity contribution in [1.82, 2.24) is 9.38 Å². The molecule has 0 radical (unpaired) electrons. The maximum Gasteiger partial charge on any atom is 0.423 e. The van der Waals surface area contributed by atoms with E-state index in [2.05, 4.69) is 11.9 Å². The predicted octanol–water partition coefficient (Wildman–Crippen LogP) is 4.71. The molecule has 4 aromatic rings. The standard InChI is InChI=1S/C22H24N2O6S/c1-3-4-5-6-7-8-9-17(25)28-12-14-13(2)23-22-24(14)18-16(31-22)11-10-15-19(18)30-21(27)20(26)29-15/h10-11H,3-9,12H2,1-2H3. The van der Waals surface area contributed by atoms with Crippen molar-refractivity contribution in [3.63, 3.8) is 0 Å². The lowest BCUT2D eigenvalue weighted by Crippen LogP contribution is -2.21. The minimum atomic E-state index is -1.07. The molecule has 0 spiro atoms. The van der Waals surface area contributed by atoms with Crippen molar-refractivity contribution < 1.29 is 18.4 Å². The molecule has 0 aliphatic carbocycles. The molecule has 0 atom stereocenters. The first-order valence-corrected chi connectivity index (χ1v) is 11.3. The van der Waals surface area contributed by atoms with Crippen molar-refractivity contribution in [2.24, 2.45) is 0 Å². The van der Waals surface area contributed by atoms with Gasteiger partial charge in [-0.2, -0.15) is 0 Å². The average molecular weight is 445 g/mol. The van der Waals surface area contributed by atoms with Crippen molar-refractivity contribution >= 4 is 43.6 Å². The molecule has 0 unspecified atom stereocenters. The highest BCUT2D eigenvalue weighted by Crippen LogP contribution is 2.33. The van der Waals surface area contributed by atoms with E-state index in [0.29, 0.717) is 22.6 Å². The second-order valence-corrected chi connectivity index (χ2v) is 8.57. The number of esters is 1. The lowest BCUT2D eigenvalue weighted by atomic mass is 10.1. The van der Waals surface area contributed by atoms with Crippen LogP contribution in [0.5, 0.6) is 0 Å². The maximum absolute atomic E-state index is 12.2. The monoisotopic (exact) mass is 444 g/mol. The number of fused-ring (bicyclic) bond motifs is 5. The molecule has 0 aliphatic heterocycles. The molecule has 0 fully saturated rings. The van der Waals surface area contributed by atoms with Crippen LogP contribution in [-0.4, -0.2) is 15.4 Å². The number of unbranched alkanes of at least 4 members (excludes halogenated alkanes) is 5. The van der Waals surface area contributed by atoms with Gasteiger partial charge in [-0.25, -0.2) is 14.6 Å². The van der Waals surface area contributed by atoms with Crippen LogP contribution in [0.25, 0.3) is 26.3 Å². The Balaban J connectivity index is 1.58. The molecule has 9 heteroatoms. The second-order valence-electron chi connectivity index (χ2n) is 7.56. The fourth-order valence-electron chi connectivity index (χ4n) is 3.66. The summed E-state index contributed by atoms with van der Waals surface area (Å²) in [6.45, 7) is 4.07. The number of ether oxygens (including phenoxy) is 1. The number of carbonyl (C=O) groups excluding carboxylic acids is 1. The smallest absolute Gasteiger partial charge is 0.423 e. The quantitative estimate of drug-likeness (QED) is 0.209. The molecule has 8 nitrogen and oxygen atoms in total. The van der Waals surface area contributed by atoms with Crippen LogP contribution < -0.4 is 11.3 Å². The minimum absolute atomic E-state index is 0.0604. The summed E-state index contributed by atoms with van der Waals surface area (Å²) >= 11 is 1.41. The summed E-state index contributed by atoms with van der Waals surface area (Å²) in [4.78, 5) is 40.7. The zero-order valence-electron chi connectivity index (χ0n) is 17.6. The number of aromatic nitrogens is 2. The van der Waals surface area contributed by atoms with Crippen molar-refractivity contribution in [3.8, 4) is 0 Å². The normalized spacial score (nSPS) is 11.7. The van der Waals surface area contributed by atoms with Gasteiger partial charge < -0.3 is 13.6 Å². The van der Waals surface area contributed by atoms with Gasteiger partial charge in [-0.15, -0.1) is 0 Å². The van der Waals surface area contributed by atoms with Gasteiger partial charge in [-0.1, -0.05) is 50.4 Å². The van der Waals surface area contributed by atoms with Crippen LogP contribution in [0.15, 0.2) is 30.6 Å². The van der Waals surface area contributed by atoms with Crippen LogP contribution in [0, 0.1) is 6.92 Å². The molecule has 0 N–H and O–H groups in total. The summed E-state index contributed by atoms with van der Waals surface area (Å²) in [5.74, 6) is -0.244.